The molecule has 0 aliphatic carbocycles. The second-order valence-electron chi connectivity index (χ2n) is 7.56. The molecule has 0 bridgehead atoms. The summed E-state index contributed by atoms with van der Waals surface area (Å²) in [5.41, 5.74) is 7.30. The third kappa shape index (κ3) is 3.44. The van der Waals surface area contributed by atoms with E-state index in [0.717, 1.165) is 22.6 Å². The Hall–Kier alpha value is -3.01. The molecule has 29 heavy (non-hydrogen) atoms. The molecule has 2 aromatic rings. The minimum atomic E-state index is -0.856. The Morgan fingerprint density at radius 3 is 2.52 bits per heavy atom. The van der Waals surface area contributed by atoms with Crippen LogP contribution < -0.4 is 15.5 Å². The smallest absolute Gasteiger partial charge is 0.331 e. The van der Waals surface area contributed by atoms with Crippen LogP contribution in [-0.2, 0) is 20.7 Å². The summed E-state index contributed by atoms with van der Waals surface area (Å²) in [7, 11) is 1.40. The van der Waals surface area contributed by atoms with Gasteiger partial charge in [0, 0.05) is 43.2 Å². The van der Waals surface area contributed by atoms with E-state index < -0.39 is 5.54 Å². The number of methoxy groups -OCH3 is 1. The number of rotatable bonds is 4. The number of nitrogens with zero attached hydrogens (tertiary/aromatic N) is 6. The number of morpholine rings is 1. The maximum Gasteiger partial charge on any atom is 0.331 e. The van der Waals surface area contributed by atoms with Gasteiger partial charge < -0.3 is 25.0 Å². The van der Waals surface area contributed by atoms with Crippen LogP contribution in [0.15, 0.2) is 12.4 Å². The van der Waals surface area contributed by atoms with Crippen LogP contribution in [0.4, 0.5) is 17.7 Å². The van der Waals surface area contributed by atoms with Crippen molar-refractivity contribution < 1.29 is 14.3 Å². The van der Waals surface area contributed by atoms with Gasteiger partial charge in [0.1, 0.15) is 11.4 Å². The van der Waals surface area contributed by atoms with Crippen LogP contribution in [0.25, 0.3) is 11.3 Å². The number of fused-ring (bicyclic) bond motifs is 1. The first-order valence-electron chi connectivity index (χ1n) is 9.59. The van der Waals surface area contributed by atoms with Gasteiger partial charge in [0.2, 0.25) is 11.9 Å². The molecule has 0 amide bonds. The molecule has 0 atom stereocenters. The molecular weight excluding hydrogens is 374 g/mol. The molecule has 10 nitrogen and oxygen atoms in total. The second kappa shape index (κ2) is 7.43. The monoisotopic (exact) mass is 399 g/mol. The van der Waals surface area contributed by atoms with E-state index in [9.17, 15) is 4.79 Å². The van der Waals surface area contributed by atoms with Crippen molar-refractivity contribution in [2.24, 2.45) is 0 Å². The predicted octanol–water partition coefficient (Wildman–Crippen LogP) is 0.667. The molecule has 0 spiro atoms. The number of carbonyl (C=O) groups is 1. The highest BCUT2D eigenvalue weighted by Gasteiger charge is 2.41. The molecule has 10 heteroatoms. The van der Waals surface area contributed by atoms with Gasteiger partial charge in [-0.1, -0.05) is 0 Å². The molecule has 4 heterocycles. The van der Waals surface area contributed by atoms with E-state index in [-0.39, 0.29) is 11.9 Å². The fraction of sp³-hybridized carbons (Fsp3) is 0.526. The van der Waals surface area contributed by atoms with E-state index in [1.807, 2.05) is 18.7 Å². The highest BCUT2D eigenvalue weighted by Crippen LogP contribution is 2.39. The van der Waals surface area contributed by atoms with Crippen LogP contribution in [-0.4, -0.2) is 71.4 Å². The average molecular weight is 399 g/mol. The van der Waals surface area contributed by atoms with E-state index in [1.165, 1.54) is 7.11 Å². The number of hydrogen-bond acceptors (Lipinski definition) is 10. The number of aromatic nitrogens is 4. The number of ether oxygens (including phenoxy) is 2. The zero-order valence-electron chi connectivity index (χ0n) is 16.9. The topological polar surface area (TPSA) is 120 Å². The number of anilines is 3. The fourth-order valence-electron chi connectivity index (χ4n) is 3.75. The maximum atomic E-state index is 12.4. The van der Waals surface area contributed by atoms with Crippen molar-refractivity contribution in [2.45, 2.75) is 25.8 Å². The highest BCUT2D eigenvalue weighted by molar-refractivity contribution is 5.86. The van der Waals surface area contributed by atoms with Gasteiger partial charge in [-0.05, 0) is 20.3 Å². The lowest BCUT2D eigenvalue weighted by Crippen LogP contribution is -2.50. The highest BCUT2D eigenvalue weighted by atomic mass is 16.5. The molecule has 4 rings (SSSR count). The Morgan fingerprint density at radius 2 is 1.86 bits per heavy atom. The Kier molecular flexibility index (Phi) is 4.95. The molecular formula is C19H25N7O3. The maximum absolute atomic E-state index is 12.4. The van der Waals surface area contributed by atoms with Crippen LogP contribution in [0.1, 0.15) is 19.4 Å². The van der Waals surface area contributed by atoms with E-state index in [1.54, 1.807) is 12.4 Å². The van der Waals surface area contributed by atoms with Crippen LogP contribution in [0.2, 0.25) is 0 Å². The van der Waals surface area contributed by atoms with Crippen molar-refractivity contribution >= 4 is 23.7 Å². The van der Waals surface area contributed by atoms with E-state index in [2.05, 4.69) is 14.9 Å². The molecule has 0 aromatic carbocycles. The SMILES string of the molecule is COC(=O)C(C)(C)N1CCc2c(-c3cnc(N)nc3)nc(N3CCOCC3)nc21. The van der Waals surface area contributed by atoms with Crippen molar-refractivity contribution in [1.29, 1.82) is 0 Å². The third-order valence-electron chi connectivity index (χ3n) is 5.41. The number of nitrogen functional groups attached to an aromatic ring is 1. The van der Waals surface area contributed by atoms with Crippen molar-refractivity contribution in [3.8, 4) is 11.3 Å². The number of hydrogen-bond donors (Lipinski definition) is 1. The number of carbonyl (C=O) groups excluding carboxylic acids is 1. The van der Waals surface area contributed by atoms with Gasteiger partial charge in [-0.15, -0.1) is 0 Å². The van der Waals surface area contributed by atoms with Gasteiger partial charge >= 0.3 is 5.97 Å². The van der Waals surface area contributed by atoms with Crippen molar-refractivity contribution in [3.63, 3.8) is 0 Å². The zero-order valence-corrected chi connectivity index (χ0v) is 16.9. The first kappa shape index (κ1) is 19.3. The largest absolute Gasteiger partial charge is 0.467 e. The summed E-state index contributed by atoms with van der Waals surface area (Å²) >= 11 is 0. The van der Waals surface area contributed by atoms with Crippen LogP contribution in [0.5, 0.6) is 0 Å². The zero-order chi connectivity index (χ0) is 20.6. The number of nitrogens with two attached hydrogens (primary N) is 1. The molecule has 0 radical (unpaired) electrons. The fourth-order valence-corrected chi connectivity index (χ4v) is 3.75. The predicted molar refractivity (Wildman–Crippen MR) is 108 cm³/mol. The quantitative estimate of drug-likeness (QED) is 0.734. The van der Waals surface area contributed by atoms with Crippen molar-refractivity contribution in [1.82, 2.24) is 19.9 Å². The summed E-state index contributed by atoms with van der Waals surface area (Å²) in [5.74, 6) is 1.24. The van der Waals surface area contributed by atoms with Gasteiger partial charge in [0.05, 0.1) is 26.0 Å². The molecule has 0 unspecified atom stereocenters. The Balaban J connectivity index is 1.84. The van der Waals surface area contributed by atoms with Crippen molar-refractivity contribution in [2.75, 3.05) is 55.5 Å². The van der Waals surface area contributed by atoms with Crippen molar-refractivity contribution in [3.05, 3.63) is 18.0 Å². The lowest BCUT2D eigenvalue weighted by molar-refractivity contribution is -0.145. The molecule has 2 aliphatic heterocycles. The summed E-state index contributed by atoms with van der Waals surface area (Å²) < 4.78 is 10.5. The molecule has 2 N–H and O–H groups in total. The van der Waals surface area contributed by atoms with Crippen LogP contribution in [0, 0.1) is 0 Å². The molecule has 0 saturated carbocycles. The normalized spacial score (nSPS) is 16.7. The summed E-state index contributed by atoms with van der Waals surface area (Å²) in [6.07, 6.45) is 4.04. The van der Waals surface area contributed by atoms with E-state index in [4.69, 9.17) is 25.2 Å². The summed E-state index contributed by atoms with van der Waals surface area (Å²) in [5, 5.41) is 0. The molecule has 154 valence electrons. The van der Waals surface area contributed by atoms with Gasteiger partial charge in [-0.2, -0.15) is 4.98 Å². The van der Waals surface area contributed by atoms with Crippen LogP contribution in [0.3, 0.4) is 0 Å². The summed E-state index contributed by atoms with van der Waals surface area (Å²) in [6, 6.07) is 0. The minimum absolute atomic E-state index is 0.210. The Labute approximate surface area is 169 Å². The Bertz CT molecular complexity index is 911. The average Bonchev–Trinajstić information content (AvgIpc) is 3.18. The standard InChI is InChI=1S/C19H25N7O3/c1-19(2,16(27)28-3)26-5-4-13-14(12-10-21-17(20)22-11-12)23-18(24-15(13)26)25-6-8-29-9-7-25/h10-11H,4-9H2,1-3H3,(H2,20,21,22). The summed E-state index contributed by atoms with van der Waals surface area (Å²) in [6.45, 7) is 6.98. The van der Waals surface area contributed by atoms with Crippen LogP contribution >= 0.6 is 0 Å². The minimum Gasteiger partial charge on any atom is -0.467 e. The van der Waals surface area contributed by atoms with E-state index in [0.29, 0.717) is 45.2 Å². The Morgan fingerprint density at radius 1 is 1.17 bits per heavy atom. The van der Waals surface area contributed by atoms with Gasteiger partial charge in [-0.3, -0.25) is 0 Å². The molecule has 1 fully saturated rings. The van der Waals surface area contributed by atoms with Gasteiger partial charge in [0.25, 0.3) is 0 Å². The van der Waals surface area contributed by atoms with Gasteiger partial charge in [-0.25, -0.2) is 19.7 Å². The summed E-state index contributed by atoms with van der Waals surface area (Å²) in [4.78, 5) is 34.5. The second-order valence-corrected chi connectivity index (χ2v) is 7.56. The third-order valence-corrected chi connectivity index (χ3v) is 5.41. The lowest BCUT2D eigenvalue weighted by atomic mass is 10.0. The molecule has 1 saturated heterocycles. The first-order valence-corrected chi connectivity index (χ1v) is 9.59. The first-order chi connectivity index (χ1) is 13.9. The van der Waals surface area contributed by atoms with E-state index >= 15 is 0 Å². The van der Waals surface area contributed by atoms with Gasteiger partial charge in [0.15, 0.2) is 0 Å². The lowest BCUT2D eigenvalue weighted by Gasteiger charge is -2.35. The molecule has 2 aliphatic rings. The number of esters is 1. The molecule has 2 aromatic heterocycles.